The largest absolute Gasteiger partial charge is 0.596 e. The Balaban J connectivity index is 1.94. The van der Waals surface area contributed by atoms with E-state index in [-0.39, 0.29) is 0 Å². The van der Waals surface area contributed by atoms with E-state index in [1.54, 1.807) is 29.7 Å². The maximum atomic E-state index is 4.44. The van der Waals surface area contributed by atoms with Crippen molar-refractivity contribution in [3.05, 3.63) is 66.6 Å². The molecule has 1 aliphatic rings. The van der Waals surface area contributed by atoms with Crippen LogP contribution in [0.2, 0.25) is 0 Å². The standard InChI is InChI=1S/C13H10N5/c1-2-7-14-11(5-1)13-15-9-6-12(17-13)18-10-4-3-8-16-18/h1-10H/q-1. The molecule has 0 unspecified atom stereocenters. The summed E-state index contributed by atoms with van der Waals surface area (Å²) in [5.41, 5.74) is 4.94. The summed E-state index contributed by atoms with van der Waals surface area (Å²) in [4.78, 5) is 12.9. The smallest absolute Gasteiger partial charge is 0.180 e. The van der Waals surface area contributed by atoms with E-state index < -0.39 is 0 Å². The summed E-state index contributed by atoms with van der Waals surface area (Å²) in [5.74, 6) is 1.30. The Morgan fingerprint density at radius 3 is 2.78 bits per heavy atom. The monoisotopic (exact) mass is 236 g/mol. The Kier molecular flexibility index (Phi) is 2.71. The maximum absolute atomic E-state index is 4.44. The zero-order valence-corrected chi connectivity index (χ0v) is 9.51. The average Bonchev–Trinajstić information content (AvgIpc) is 2.49. The van der Waals surface area contributed by atoms with Crippen molar-refractivity contribution in [2.24, 2.45) is 0 Å². The predicted molar refractivity (Wildman–Crippen MR) is 69.4 cm³/mol. The van der Waals surface area contributed by atoms with Crippen molar-refractivity contribution in [3.8, 4) is 11.5 Å². The van der Waals surface area contributed by atoms with Gasteiger partial charge in [0, 0.05) is 12.4 Å². The Morgan fingerprint density at radius 1 is 1.00 bits per heavy atom. The molecule has 2 aromatic rings. The number of hydrogen-bond donors (Lipinski definition) is 0. The molecular weight excluding hydrogens is 226 g/mol. The van der Waals surface area contributed by atoms with Crippen molar-refractivity contribution < 1.29 is 0 Å². The number of aromatic nitrogens is 3. The highest BCUT2D eigenvalue weighted by atomic mass is 15.5. The molecule has 5 nitrogen and oxygen atoms in total. The summed E-state index contributed by atoms with van der Waals surface area (Å²) in [6.45, 7) is 0. The second-order valence-corrected chi connectivity index (χ2v) is 3.60. The van der Waals surface area contributed by atoms with Gasteiger partial charge in [0.25, 0.3) is 0 Å². The van der Waals surface area contributed by atoms with Crippen LogP contribution in [-0.4, -0.2) is 15.0 Å². The van der Waals surface area contributed by atoms with Gasteiger partial charge in [-0.1, -0.05) is 12.1 Å². The third-order valence-electron chi connectivity index (χ3n) is 2.39. The molecule has 0 bridgehead atoms. The molecule has 0 spiro atoms. The van der Waals surface area contributed by atoms with E-state index in [4.69, 9.17) is 0 Å². The van der Waals surface area contributed by atoms with Gasteiger partial charge in [0.2, 0.25) is 0 Å². The molecule has 3 heterocycles. The topological polar surface area (TPSA) is 56.0 Å². The Morgan fingerprint density at radius 2 is 2.00 bits per heavy atom. The quantitative estimate of drug-likeness (QED) is 0.804. The first kappa shape index (κ1) is 10.5. The molecule has 0 fully saturated rings. The zero-order valence-electron chi connectivity index (χ0n) is 9.51. The van der Waals surface area contributed by atoms with Crippen molar-refractivity contribution in [1.29, 1.82) is 0 Å². The van der Waals surface area contributed by atoms with E-state index in [0.29, 0.717) is 11.6 Å². The minimum Gasteiger partial charge on any atom is -0.596 e. The molecule has 0 saturated carbocycles. The van der Waals surface area contributed by atoms with Crippen molar-refractivity contribution in [2.75, 3.05) is 5.01 Å². The van der Waals surface area contributed by atoms with E-state index >= 15 is 0 Å². The molecule has 0 aromatic carbocycles. The van der Waals surface area contributed by atoms with Gasteiger partial charge in [0.15, 0.2) is 5.82 Å². The minimum absolute atomic E-state index is 0.589. The normalized spacial score (nSPS) is 13.4. The molecule has 88 valence electrons. The van der Waals surface area contributed by atoms with Gasteiger partial charge in [-0.25, -0.2) is 9.97 Å². The summed E-state index contributed by atoms with van der Waals surface area (Å²) in [6.07, 6.45) is 10.7. The lowest BCUT2D eigenvalue weighted by molar-refractivity contribution is 1.07. The number of nitrogens with zero attached hydrogens (tertiary/aromatic N) is 5. The van der Waals surface area contributed by atoms with Crippen molar-refractivity contribution in [1.82, 2.24) is 15.0 Å². The van der Waals surface area contributed by atoms with Gasteiger partial charge in [0.05, 0.1) is 0 Å². The van der Waals surface area contributed by atoms with E-state index in [1.165, 1.54) is 0 Å². The molecule has 0 saturated heterocycles. The third-order valence-corrected chi connectivity index (χ3v) is 2.39. The summed E-state index contributed by atoms with van der Waals surface area (Å²) < 4.78 is 0. The van der Waals surface area contributed by atoms with Gasteiger partial charge < -0.3 is 10.4 Å². The Hall–Kier alpha value is -2.69. The average molecular weight is 236 g/mol. The first-order valence-corrected chi connectivity index (χ1v) is 5.51. The van der Waals surface area contributed by atoms with Crippen LogP contribution >= 0.6 is 0 Å². The maximum Gasteiger partial charge on any atom is 0.180 e. The molecule has 0 aliphatic carbocycles. The van der Waals surface area contributed by atoms with E-state index in [0.717, 1.165) is 5.69 Å². The number of allylic oxidation sites excluding steroid dienone is 2. The van der Waals surface area contributed by atoms with Crippen LogP contribution in [0.15, 0.2) is 61.2 Å². The van der Waals surface area contributed by atoms with Crippen LogP contribution in [-0.2, 0) is 0 Å². The molecule has 0 N–H and O–H groups in total. The van der Waals surface area contributed by atoms with Crippen LogP contribution in [0.5, 0.6) is 0 Å². The highest BCUT2D eigenvalue weighted by Crippen LogP contribution is 2.20. The van der Waals surface area contributed by atoms with Crippen LogP contribution in [0.25, 0.3) is 16.9 Å². The van der Waals surface area contributed by atoms with Crippen LogP contribution < -0.4 is 5.01 Å². The molecule has 0 amide bonds. The Bertz CT molecular complexity index is 591. The van der Waals surface area contributed by atoms with Gasteiger partial charge in [-0.2, -0.15) is 6.20 Å². The van der Waals surface area contributed by atoms with E-state index in [9.17, 15) is 0 Å². The van der Waals surface area contributed by atoms with Crippen LogP contribution in [0, 0.1) is 0 Å². The lowest BCUT2D eigenvalue weighted by Gasteiger charge is -2.34. The van der Waals surface area contributed by atoms with Gasteiger partial charge in [-0.15, -0.1) is 0 Å². The fraction of sp³-hybridized carbons (Fsp3) is 0. The highest BCUT2D eigenvalue weighted by Gasteiger charge is 2.04. The fourth-order valence-electron chi connectivity index (χ4n) is 1.56. The molecule has 3 rings (SSSR count). The van der Waals surface area contributed by atoms with Gasteiger partial charge in [0.1, 0.15) is 11.5 Å². The number of anilines is 1. The SMILES string of the molecule is C1=C[N-]N(c2ccnc(-c3ccccn3)n2)C=C1. The lowest BCUT2D eigenvalue weighted by atomic mass is 10.3. The molecular formula is C13H10N5-. The van der Waals surface area contributed by atoms with Gasteiger partial charge >= 0.3 is 0 Å². The highest BCUT2D eigenvalue weighted by molar-refractivity contribution is 5.55. The molecule has 2 aromatic heterocycles. The summed E-state index contributed by atoms with van der Waals surface area (Å²) in [5, 5.41) is 1.69. The zero-order chi connectivity index (χ0) is 12.2. The number of rotatable bonds is 2. The first-order chi connectivity index (χ1) is 8.93. The summed E-state index contributed by atoms with van der Waals surface area (Å²) in [7, 11) is 0. The second kappa shape index (κ2) is 4.67. The molecule has 1 aliphatic heterocycles. The van der Waals surface area contributed by atoms with Crippen LogP contribution in [0.4, 0.5) is 5.82 Å². The van der Waals surface area contributed by atoms with E-state index in [2.05, 4.69) is 20.4 Å². The lowest BCUT2D eigenvalue weighted by Crippen LogP contribution is -2.11. The number of hydrogen-bond acceptors (Lipinski definition) is 4. The predicted octanol–water partition coefficient (Wildman–Crippen LogP) is 2.67. The first-order valence-electron chi connectivity index (χ1n) is 5.51. The van der Waals surface area contributed by atoms with Crippen molar-refractivity contribution in [2.45, 2.75) is 0 Å². The van der Waals surface area contributed by atoms with Crippen molar-refractivity contribution in [3.63, 3.8) is 0 Å². The van der Waals surface area contributed by atoms with Gasteiger partial charge in [-0.05, 0) is 30.5 Å². The molecule has 0 radical (unpaired) electrons. The molecule has 18 heavy (non-hydrogen) atoms. The Labute approximate surface area is 105 Å². The molecule has 0 atom stereocenters. The minimum atomic E-state index is 0.589. The van der Waals surface area contributed by atoms with Gasteiger partial charge in [-0.3, -0.25) is 4.98 Å². The summed E-state index contributed by atoms with van der Waals surface area (Å²) in [6, 6.07) is 7.45. The van der Waals surface area contributed by atoms with Crippen molar-refractivity contribution >= 4 is 5.82 Å². The van der Waals surface area contributed by atoms with Crippen LogP contribution in [0.3, 0.4) is 0 Å². The summed E-state index contributed by atoms with van der Waals surface area (Å²) >= 11 is 0. The second-order valence-electron chi connectivity index (χ2n) is 3.60. The third kappa shape index (κ3) is 2.06. The van der Waals surface area contributed by atoms with Crippen LogP contribution in [0.1, 0.15) is 0 Å². The number of pyridine rings is 1. The fourth-order valence-corrected chi connectivity index (χ4v) is 1.56. The molecule has 5 heteroatoms. The van der Waals surface area contributed by atoms with E-state index in [1.807, 2.05) is 36.6 Å².